The molecule has 2 aliphatic rings. The smallest absolute Gasteiger partial charge is 0.146 e. The summed E-state index contributed by atoms with van der Waals surface area (Å²) in [5, 5.41) is 0.460. The van der Waals surface area contributed by atoms with Gasteiger partial charge in [-0.3, -0.25) is 4.40 Å². The molecule has 2 saturated heterocycles. The van der Waals surface area contributed by atoms with Gasteiger partial charge >= 0.3 is 0 Å². The van der Waals surface area contributed by atoms with Gasteiger partial charge in [0.15, 0.2) is 0 Å². The van der Waals surface area contributed by atoms with Crippen molar-refractivity contribution in [2.45, 2.75) is 45.4 Å². The monoisotopic (exact) mass is 483 g/mol. The molecule has 3 aromatic rings. The quantitative estimate of drug-likeness (QED) is 0.587. The number of aromatic nitrogens is 3. The van der Waals surface area contributed by atoms with Crippen LogP contribution in [-0.4, -0.2) is 65.2 Å². The summed E-state index contributed by atoms with van der Waals surface area (Å²) >= 11 is 6.61. The molecule has 34 heavy (non-hydrogen) atoms. The summed E-state index contributed by atoms with van der Waals surface area (Å²) in [6.45, 7) is 7.60. The van der Waals surface area contributed by atoms with E-state index < -0.39 is 0 Å². The molecule has 0 aliphatic carbocycles. The van der Waals surface area contributed by atoms with E-state index in [4.69, 9.17) is 32.8 Å². The fourth-order valence-electron chi connectivity index (χ4n) is 5.63. The Labute approximate surface area is 205 Å². The Hall–Kier alpha value is -2.39. The fraction of sp³-hybridized carbons (Fsp3) is 0.520. The zero-order chi connectivity index (χ0) is 24.2. The van der Waals surface area contributed by atoms with Crippen molar-refractivity contribution >= 4 is 28.9 Å². The van der Waals surface area contributed by atoms with Gasteiger partial charge in [0.05, 0.1) is 29.6 Å². The number of halogens is 1. The highest BCUT2D eigenvalue weighted by Gasteiger charge is 2.47. The molecule has 4 N–H and O–H groups in total. The van der Waals surface area contributed by atoms with Crippen molar-refractivity contribution in [1.29, 1.82) is 0 Å². The predicted molar refractivity (Wildman–Crippen MR) is 137 cm³/mol. The van der Waals surface area contributed by atoms with Crippen molar-refractivity contribution in [2.24, 2.45) is 11.1 Å². The molecule has 0 unspecified atom stereocenters. The summed E-state index contributed by atoms with van der Waals surface area (Å²) in [6.07, 6.45) is 5.82. The van der Waals surface area contributed by atoms with E-state index in [2.05, 4.69) is 53.2 Å². The zero-order valence-electron chi connectivity index (χ0n) is 20.4. The Balaban J connectivity index is 1.60. The molecule has 2 aliphatic heterocycles. The zero-order valence-corrected chi connectivity index (χ0v) is 21.1. The number of ether oxygens (including phenoxy) is 1. The van der Waals surface area contributed by atoms with Crippen molar-refractivity contribution in [1.82, 2.24) is 19.3 Å². The molecule has 0 bridgehead atoms. The highest BCUT2D eigenvalue weighted by Crippen LogP contribution is 2.43. The first-order valence-corrected chi connectivity index (χ1v) is 12.3. The molecule has 0 radical (unpaired) electrons. The molecule has 182 valence electrons. The molecule has 5 heterocycles. The number of nitrogens with zero attached hydrogens (tertiary/aromatic N) is 5. The van der Waals surface area contributed by atoms with Gasteiger partial charge in [-0.25, -0.2) is 9.97 Å². The second kappa shape index (κ2) is 8.68. The van der Waals surface area contributed by atoms with E-state index in [1.807, 2.05) is 12.3 Å². The van der Waals surface area contributed by atoms with Crippen LogP contribution in [0.15, 0.2) is 24.5 Å². The minimum atomic E-state index is 0.0769. The Bertz CT molecular complexity index is 1220. The fourth-order valence-corrected chi connectivity index (χ4v) is 5.84. The summed E-state index contributed by atoms with van der Waals surface area (Å²) in [5.74, 6) is 1.48. The average Bonchev–Trinajstić information content (AvgIpc) is 3.33. The number of rotatable bonds is 4. The molecule has 9 heteroatoms. The number of nitrogens with two attached hydrogens (primary N) is 2. The van der Waals surface area contributed by atoms with E-state index in [-0.39, 0.29) is 17.6 Å². The SMILES string of the molecule is Cc1cc(N2CCC3(CC2)CO[C@@H](C)[C@H]3N)n2c(CN(C)C)cnc2c1-c1ccnc(N)c1Cl. The van der Waals surface area contributed by atoms with E-state index >= 15 is 0 Å². The first-order chi connectivity index (χ1) is 16.2. The molecule has 0 aromatic carbocycles. The average molecular weight is 484 g/mol. The minimum Gasteiger partial charge on any atom is -0.382 e. The standard InChI is InChI=1S/C25H34ClN7O/c1-15-11-19(32-9-6-25(7-10-32)14-34-16(2)22(25)27)33-17(13-31(3)4)12-30-24(33)20(15)18-5-8-29-23(28)21(18)26/h5,8,11-12,16,22H,6-7,9-10,13-14,27H2,1-4H3,(H2,28,29)/t16-,22+/m0/s1. The van der Waals surface area contributed by atoms with Crippen LogP contribution in [0.5, 0.6) is 0 Å². The van der Waals surface area contributed by atoms with E-state index in [9.17, 15) is 0 Å². The van der Waals surface area contributed by atoms with Gasteiger partial charge in [-0.2, -0.15) is 0 Å². The van der Waals surface area contributed by atoms with Crippen LogP contribution in [-0.2, 0) is 11.3 Å². The second-order valence-electron chi connectivity index (χ2n) is 10.2. The molecule has 2 atom stereocenters. The van der Waals surface area contributed by atoms with Gasteiger partial charge in [0.1, 0.15) is 17.3 Å². The van der Waals surface area contributed by atoms with E-state index in [1.54, 1.807) is 6.20 Å². The molecule has 3 aromatic heterocycles. The maximum atomic E-state index is 6.61. The number of nitrogen functional groups attached to an aromatic ring is 1. The van der Waals surface area contributed by atoms with Crippen LogP contribution in [0.1, 0.15) is 31.0 Å². The van der Waals surface area contributed by atoms with Gasteiger partial charge in [0.25, 0.3) is 0 Å². The lowest BCUT2D eigenvalue weighted by atomic mass is 9.73. The maximum Gasteiger partial charge on any atom is 0.146 e. The molecule has 2 fully saturated rings. The van der Waals surface area contributed by atoms with E-state index in [0.29, 0.717) is 10.8 Å². The van der Waals surface area contributed by atoms with Gasteiger partial charge in [0.2, 0.25) is 0 Å². The normalized spacial score (nSPS) is 22.4. The molecule has 0 amide bonds. The lowest BCUT2D eigenvalue weighted by molar-refractivity contribution is 0.0974. The van der Waals surface area contributed by atoms with Gasteiger partial charge in [0, 0.05) is 48.4 Å². The van der Waals surface area contributed by atoms with Gasteiger partial charge in [-0.15, -0.1) is 0 Å². The number of fused-ring (bicyclic) bond motifs is 1. The van der Waals surface area contributed by atoms with Gasteiger partial charge in [-0.1, -0.05) is 11.6 Å². The third-order valence-electron chi connectivity index (χ3n) is 7.62. The van der Waals surface area contributed by atoms with E-state index in [0.717, 1.165) is 72.9 Å². The Morgan fingerprint density at radius 1 is 1.26 bits per heavy atom. The number of pyridine rings is 2. The van der Waals surface area contributed by atoms with Crippen LogP contribution in [0.25, 0.3) is 16.8 Å². The van der Waals surface area contributed by atoms with Crippen LogP contribution < -0.4 is 16.4 Å². The second-order valence-corrected chi connectivity index (χ2v) is 10.5. The minimum absolute atomic E-state index is 0.0769. The molecule has 5 rings (SSSR count). The Kier molecular flexibility index (Phi) is 5.96. The number of hydrogen-bond donors (Lipinski definition) is 2. The first kappa shape index (κ1) is 23.4. The molecular weight excluding hydrogens is 450 g/mol. The van der Waals surface area contributed by atoms with Gasteiger partial charge in [-0.05, 0) is 58.5 Å². The first-order valence-electron chi connectivity index (χ1n) is 11.9. The number of aryl methyl sites for hydroxylation is 1. The lowest BCUT2D eigenvalue weighted by Gasteiger charge is -2.42. The predicted octanol–water partition coefficient (Wildman–Crippen LogP) is 3.33. The number of anilines is 2. The van der Waals surface area contributed by atoms with Crippen molar-refractivity contribution in [2.75, 3.05) is 44.4 Å². The molecule has 0 saturated carbocycles. The Morgan fingerprint density at radius 2 is 2.00 bits per heavy atom. The topological polar surface area (TPSA) is 97.9 Å². The van der Waals surface area contributed by atoms with Crippen molar-refractivity contribution in [3.05, 3.63) is 40.8 Å². The van der Waals surface area contributed by atoms with Crippen LogP contribution in [0, 0.1) is 12.3 Å². The van der Waals surface area contributed by atoms with Crippen LogP contribution in [0.4, 0.5) is 11.6 Å². The highest BCUT2D eigenvalue weighted by atomic mass is 35.5. The van der Waals surface area contributed by atoms with Gasteiger partial charge < -0.3 is 26.0 Å². The summed E-state index contributed by atoms with van der Waals surface area (Å²) in [5.41, 5.74) is 17.6. The van der Waals surface area contributed by atoms with Crippen LogP contribution in [0.2, 0.25) is 5.02 Å². The van der Waals surface area contributed by atoms with Crippen LogP contribution in [0.3, 0.4) is 0 Å². The number of hydrogen-bond acceptors (Lipinski definition) is 7. The number of piperidine rings is 1. The molecule has 8 nitrogen and oxygen atoms in total. The van der Waals surface area contributed by atoms with Crippen LogP contribution >= 0.6 is 11.6 Å². The summed E-state index contributed by atoms with van der Waals surface area (Å²) < 4.78 is 8.21. The Morgan fingerprint density at radius 3 is 2.65 bits per heavy atom. The highest BCUT2D eigenvalue weighted by molar-refractivity contribution is 6.35. The maximum absolute atomic E-state index is 6.61. The molecule has 1 spiro atoms. The largest absolute Gasteiger partial charge is 0.382 e. The lowest BCUT2D eigenvalue weighted by Crippen LogP contribution is -2.51. The summed E-state index contributed by atoms with van der Waals surface area (Å²) in [4.78, 5) is 13.6. The summed E-state index contributed by atoms with van der Waals surface area (Å²) in [7, 11) is 4.14. The van der Waals surface area contributed by atoms with E-state index in [1.165, 1.54) is 0 Å². The third-order valence-corrected chi connectivity index (χ3v) is 8.02. The van der Waals surface area contributed by atoms with Crippen molar-refractivity contribution in [3.8, 4) is 11.1 Å². The molecular formula is C25H34ClN7O. The third kappa shape index (κ3) is 3.73. The number of imidazole rings is 1. The van der Waals surface area contributed by atoms with Crippen molar-refractivity contribution < 1.29 is 4.74 Å². The summed E-state index contributed by atoms with van der Waals surface area (Å²) in [6, 6.07) is 4.26. The van der Waals surface area contributed by atoms with Crippen molar-refractivity contribution in [3.63, 3.8) is 0 Å².